The Morgan fingerprint density at radius 3 is 2.61 bits per heavy atom. The van der Waals surface area contributed by atoms with Gasteiger partial charge in [0.2, 0.25) is 0 Å². The van der Waals surface area contributed by atoms with E-state index in [9.17, 15) is 24.5 Å². The number of benzene rings is 2. The van der Waals surface area contributed by atoms with Gasteiger partial charge in [0, 0.05) is 41.7 Å². The van der Waals surface area contributed by atoms with Crippen LogP contribution >= 0.6 is 0 Å². The molecule has 1 heterocycles. The topological polar surface area (TPSA) is 141 Å². The fourth-order valence-corrected chi connectivity index (χ4v) is 3.89. The molecule has 1 aliphatic rings. The van der Waals surface area contributed by atoms with Crippen molar-refractivity contribution >= 4 is 28.3 Å². The number of fused-ring (bicyclic) bond motifs is 5. The number of hydrogen-bond acceptors (Lipinski definition) is 6. The zero-order valence-electron chi connectivity index (χ0n) is 16.4. The number of nitrogens with zero attached hydrogens (tertiary/aromatic N) is 2. The minimum absolute atomic E-state index is 0.0623. The van der Waals surface area contributed by atoms with Crippen molar-refractivity contribution in [2.45, 2.75) is 13.0 Å². The van der Waals surface area contributed by atoms with E-state index in [1.54, 1.807) is 18.2 Å². The van der Waals surface area contributed by atoms with Gasteiger partial charge in [0.25, 0.3) is 11.2 Å². The average molecular weight is 423 g/mol. The summed E-state index contributed by atoms with van der Waals surface area (Å²) in [7, 11) is 1.48. The first-order valence-electron chi connectivity index (χ1n) is 9.38. The third-order valence-corrected chi connectivity index (χ3v) is 5.25. The minimum atomic E-state index is -1.18. The Hall–Kier alpha value is -4.21. The lowest BCUT2D eigenvalue weighted by Crippen LogP contribution is -2.27. The summed E-state index contributed by atoms with van der Waals surface area (Å²) >= 11 is 0. The first-order valence-corrected chi connectivity index (χ1v) is 9.38. The van der Waals surface area contributed by atoms with Crippen molar-refractivity contribution in [2.75, 3.05) is 13.7 Å². The van der Waals surface area contributed by atoms with Gasteiger partial charge in [-0.2, -0.15) is 0 Å². The molecule has 0 radical (unpaired) electrons. The smallest absolute Gasteiger partial charge is 0.404 e. The lowest BCUT2D eigenvalue weighted by molar-refractivity contribution is -0.384. The number of ether oxygens (including phenoxy) is 1. The number of carbonyl (C=O) groups excluding carboxylic acids is 1. The van der Waals surface area contributed by atoms with Crippen LogP contribution in [0.5, 0.6) is 5.75 Å². The standard InChI is InChI=1S/C21H17N3O7/c1-31-12-4-6-14-15(10-12)19(25)17-13-5-3-11(24(29)30)9-16(13)20(26)23(18(14)17)8-2-7-22-21(27)28/h3-6,9-10,22H,2,7-8H2,1H3,(H,27,28). The van der Waals surface area contributed by atoms with Gasteiger partial charge < -0.3 is 19.7 Å². The molecule has 0 bridgehead atoms. The van der Waals surface area contributed by atoms with Crippen LogP contribution in [0.15, 0.2) is 41.2 Å². The van der Waals surface area contributed by atoms with Crippen molar-refractivity contribution in [3.05, 3.63) is 68.0 Å². The van der Waals surface area contributed by atoms with Gasteiger partial charge in [-0.1, -0.05) is 0 Å². The predicted octanol–water partition coefficient (Wildman–Crippen LogP) is 2.79. The summed E-state index contributed by atoms with van der Waals surface area (Å²) < 4.78 is 6.60. The van der Waals surface area contributed by atoms with Crippen molar-refractivity contribution in [3.63, 3.8) is 0 Å². The highest BCUT2D eigenvalue weighted by atomic mass is 16.6. The minimum Gasteiger partial charge on any atom is -0.497 e. The summed E-state index contributed by atoms with van der Waals surface area (Å²) in [6.45, 7) is 0.228. The monoisotopic (exact) mass is 423 g/mol. The molecule has 0 spiro atoms. The summed E-state index contributed by atoms with van der Waals surface area (Å²) in [5.74, 6) is 0.180. The molecule has 2 aromatic carbocycles. The third kappa shape index (κ3) is 3.27. The SMILES string of the molecule is COc1ccc2c(c1)C(=O)c1c-2n(CCCNC(=O)O)c(=O)c2cc([N+](=O)[O-])ccc12. The molecule has 0 saturated carbocycles. The number of hydrogen-bond donors (Lipinski definition) is 2. The van der Waals surface area contributed by atoms with Crippen LogP contribution in [-0.4, -0.2) is 40.1 Å². The first-order chi connectivity index (χ1) is 14.8. The fraction of sp³-hybridized carbons (Fsp3) is 0.190. The molecule has 1 amide bonds. The molecule has 0 fully saturated rings. The number of methoxy groups -OCH3 is 1. The van der Waals surface area contributed by atoms with Gasteiger partial charge in [0.15, 0.2) is 5.78 Å². The van der Waals surface area contributed by atoms with E-state index in [-0.39, 0.29) is 29.9 Å². The van der Waals surface area contributed by atoms with Gasteiger partial charge in [0.05, 0.1) is 28.7 Å². The van der Waals surface area contributed by atoms with Gasteiger partial charge in [-0.3, -0.25) is 19.7 Å². The zero-order valence-corrected chi connectivity index (χ0v) is 16.4. The molecule has 0 saturated heterocycles. The van der Waals surface area contributed by atoms with Crippen molar-refractivity contribution in [1.29, 1.82) is 0 Å². The highest BCUT2D eigenvalue weighted by Crippen LogP contribution is 2.41. The van der Waals surface area contributed by atoms with Gasteiger partial charge in [-0.25, -0.2) is 4.79 Å². The zero-order chi connectivity index (χ0) is 22.3. The van der Waals surface area contributed by atoms with E-state index in [4.69, 9.17) is 9.84 Å². The Balaban J connectivity index is 1.96. The van der Waals surface area contributed by atoms with Crippen LogP contribution in [0.3, 0.4) is 0 Å². The van der Waals surface area contributed by atoms with Crippen molar-refractivity contribution < 1.29 is 24.4 Å². The van der Waals surface area contributed by atoms with E-state index in [0.717, 1.165) is 0 Å². The van der Waals surface area contributed by atoms with E-state index in [2.05, 4.69) is 5.32 Å². The highest BCUT2D eigenvalue weighted by Gasteiger charge is 2.33. The van der Waals surface area contributed by atoms with Crippen LogP contribution in [0.1, 0.15) is 22.3 Å². The Morgan fingerprint density at radius 2 is 1.94 bits per heavy atom. The molecule has 10 heteroatoms. The number of nitrogens with one attached hydrogen (secondary N) is 1. The molecule has 158 valence electrons. The van der Waals surface area contributed by atoms with E-state index in [0.29, 0.717) is 39.9 Å². The Bertz CT molecular complexity index is 1330. The summed E-state index contributed by atoms with van der Waals surface area (Å²) in [5, 5.41) is 22.6. The molecular weight excluding hydrogens is 406 g/mol. The second-order valence-electron chi connectivity index (χ2n) is 6.99. The Labute approximate surface area is 174 Å². The molecule has 0 aliphatic heterocycles. The van der Waals surface area contributed by atoms with Gasteiger partial charge in [0.1, 0.15) is 5.75 Å². The van der Waals surface area contributed by atoms with E-state index >= 15 is 0 Å². The van der Waals surface area contributed by atoms with Crippen molar-refractivity contribution in [3.8, 4) is 17.0 Å². The molecule has 31 heavy (non-hydrogen) atoms. The van der Waals surface area contributed by atoms with E-state index in [1.165, 1.54) is 29.9 Å². The predicted molar refractivity (Wildman–Crippen MR) is 111 cm³/mol. The number of carbonyl (C=O) groups is 2. The number of non-ortho nitro benzene ring substituents is 1. The number of aromatic nitrogens is 1. The second-order valence-corrected chi connectivity index (χ2v) is 6.99. The Kier molecular flexibility index (Phi) is 4.90. The lowest BCUT2D eigenvalue weighted by Gasteiger charge is -2.15. The quantitative estimate of drug-likeness (QED) is 0.276. The molecule has 0 atom stereocenters. The number of nitro benzene ring substituents is 1. The number of nitro groups is 1. The average Bonchev–Trinajstić information content (AvgIpc) is 3.04. The molecule has 10 nitrogen and oxygen atoms in total. The molecular formula is C21H17N3O7. The van der Waals surface area contributed by atoms with Crippen LogP contribution in [0.2, 0.25) is 0 Å². The van der Waals surface area contributed by atoms with Crippen LogP contribution in [0, 0.1) is 10.1 Å². The number of amides is 1. The van der Waals surface area contributed by atoms with Crippen molar-refractivity contribution in [1.82, 2.24) is 9.88 Å². The van der Waals surface area contributed by atoms with Crippen molar-refractivity contribution in [2.24, 2.45) is 0 Å². The number of rotatable bonds is 6. The molecule has 3 aromatic rings. The highest BCUT2D eigenvalue weighted by molar-refractivity contribution is 6.26. The molecule has 2 N–H and O–H groups in total. The molecule has 1 aromatic heterocycles. The summed E-state index contributed by atoms with van der Waals surface area (Å²) in [6, 6.07) is 8.82. The number of pyridine rings is 1. The lowest BCUT2D eigenvalue weighted by atomic mass is 10.0. The van der Waals surface area contributed by atoms with Gasteiger partial charge >= 0.3 is 6.09 Å². The van der Waals surface area contributed by atoms with Crippen LogP contribution < -0.4 is 15.6 Å². The molecule has 0 unspecified atom stereocenters. The fourth-order valence-electron chi connectivity index (χ4n) is 3.89. The van der Waals surface area contributed by atoms with Gasteiger partial charge in [-0.15, -0.1) is 0 Å². The number of carboxylic acid groups (broad SMARTS) is 1. The van der Waals surface area contributed by atoms with Crippen LogP contribution in [0.25, 0.3) is 22.0 Å². The van der Waals surface area contributed by atoms with Crippen LogP contribution in [0.4, 0.5) is 10.5 Å². The largest absolute Gasteiger partial charge is 0.497 e. The maximum absolute atomic E-state index is 13.3. The molecule has 4 rings (SSSR count). The number of ketones is 1. The second kappa shape index (κ2) is 7.56. The maximum Gasteiger partial charge on any atom is 0.404 e. The third-order valence-electron chi connectivity index (χ3n) is 5.25. The van der Waals surface area contributed by atoms with E-state index in [1.807, 2.05) is 0 Å². The summed E-state index contributed by atoms with van der Waals surface area (Å²) in [6.07, 6.45) is -0.891. The maximum atomic E-state index is 13.3. The van der Waals surface area contributed by atoms with Crippen LogP contribution in [-0.2, 0) is 6.54 Å². The van der Waals surface area contributed by atoms with Gasteiger partial charge in [-0.05, 0) is 30.7 Å². The summed E-state index contributed by atoms with van der Waals surface area (Å²) in [5.41, 5.74) is 0.905. The Morgan fingerprint density at radius 1 is 1.16 bits per heavy atom. The molecule has 1 aliphatic carbocycles. The first kappa shape index (κ1) is 20.1. The normalized spacial score (nSPS) is 11.8. The summed E-state index contributed by atoms with van der Waals surface area (Å²) in [4.78, 5) is 47.9. The van der Waals surface area contributed by atoms with E-state index < -0.39 is 16.6 Å².